The molecule has 0 spiro atoms. The maximum Gasteiger partial charge on any atom is 0.487 e. The van der Waals surface area contributed by atoms with E-state index in [-0.39, 0.29) is 11.5 Å². The molecule has 0 aliphatic carbocycles. The molecular weight excluding hydrogens is 487 g/mol. The molecule has 0 aliphatic rings. The third kappa shape index (κ3) is 3.28. The third-order valence-corrected chi connectivity index (χ3v) is 6.36. The summed E-state index contributed by atoms with van der Waals surface area (Å²) in [5.41, 5.74) is 3.84. The van der Waals surface area contributed by atoms with Gasteiger partial charge in [-0.15, -0.1) is 0 Å². The lowest BCUT2D eigenvalue weighted by Gasteiger charge is -2.14. The highest BCUT2D eigenvalue weighted by atomic mass is 79.9. The summed E-state index contributed by atoms with van der Waals surface area (Å²) in [6.07, 6.45) is 0.505. The van der Waals surface area contributed by atoms with E-state index in [1.54, 1.807) is 27.8 Å². The van der Waals surface area contributed by atoms with Gasteiger partial charge in [-0.3, -0.25) is 4.79 Å². The van der Waals surface area contributed by atoms with Gasteiger partial charge in [0.05, 0.1) is 14.5 Å². The predicted molar refractivity (Wildman–Crippen MR) is 127 cm³/mol. The lowest BCUT2D eigenvalue weighted by Crippen LogP contribution is -2.56. The van der Waals surface area contributed by atoms with Crippen LogP contribution in [-0.2, 0) is 6.42 Å². The molecule has 2 aromatic carbocycles. The first-order chi connectivity index (χ1) is 13.1. The van der Waals surface area contributed by atoms with Crippen molar-refractivity contribution < 1.29 is 24.4 Å². The van der Waals surface area contributed by atoms with Gasteiger partial charge in [0.1, 0.15) is 40.6 Å². The van der Waals surface area contributed by atoms with Gasteiger partial charge in [-0.05, 0) is 54.9 Å². The number of furan rings is 1. The van der Waals surface area contributed by atoms with Crippen molar-refractivity contribution in [2.75, 3.05) is 0 Å². The summed E-state index contributed by atoms with van der Waals surface area (Å²) >= 11 is 6.53. The molecule has 3 rings (SSSR count). The number of aromatic hydroxyl groups is 1. The largest absolute Gasteiger partial charge is 0.506 e. The van der Waals surface area contributed by atoms with E-state index in [1.807, 2.05) is 14.8 Å². The molecule has 28 heavy (non-hydrogen) atoms. The summed E-state index contributed by atoms with van der Waals surface area (Å²) < 4.78 is 6.83. The second-order valence-electron chi connectivity index (χ2n) is 6.74. The minimum atomic E-state index is -1.62. The van der Waals surface area contributed by atoms with Gasteiger partial charge >= 0.3 is 7.12 Å². The molecule has 0 aliphatic heterocycles. The molecule has 1 aromatic heterocycles. The second kappa shape index (κ2) is 7.78. The van der Waals surface area contributed by atoms with Crippen LogP contribution in [0, 0.1) is 0 Å². The van der Waals surface area contributed by atoms with E-state index in [1.165, 1.54) is 0 Å². The van der Waals surface area contributed by atoms with Crippen LogP contribution in [0.1, 0.15) is 28.6 Å². The Morgan fingerprint density at radius 1 is 1.11 bits per heavy atom. The van der Waals surface area contributed by atoms with Crippen molar-refractivity contribution in [2.45, 2.75) is 13.3 Å². The Morgan fingerprint density at radius 3 is 2.18 bits per heavy atom. The average molecular weight is 503 g/mol. The number of aryl methyl sites for hydroxylation is 1. The Kier molecular flexibility index (Phi) is 5.92. The molecule has 140 valence electrons. The summed E-state index contributed by atoms with van der Waals surface area (Å²) in [4.78, 5) is 13.4. The highest BCUT2D eigenvalue weighted by molar-refractivity contribution is 9.11. The molecule has 0 atom stereocenters. The number of ketones is 1. The molecule has 11 heteroatoms. The SMILES string of the molecule is Bc1c(B(O)O)c(B)c2oc(CC)c(C(=O)c3cc(Br)c(O)c(Br)c3)c2c1B. The first kappa shape index (κ1) is 21.3. The van der Waals surface area contributed by atoms with Crippen LogP contribution in [0.15, 0.2) is 25.5 Å². The summed E-state index contributed by atoms with van der Waals surface area (Å²) in [6, 6.07) is 3.14. The number of phenols is 1. The number of fused-ring (bicyclic) bond motifs is 1. The van der Waals surface area contributed by atoms with Crippen LogP contribution in [0.5, 0.6) is 5.75 Å². The fraction of sp³-hybridized carbons (Fsp3) is 0.118. The molecule has 1 heterocycles. The van der Waals surface area contributed by atoms with Gasteiger partial charge < -0.3 is 19.6 Å². The van der Waals surface area contributed by atoms with Crippen molar-refractivity contribution in [1.29, 1.82) is 0 Å². The fourth-order valence-electron chi connectivity index (χ4n) is 3.61. The first-order valence-corrected chi connectivity index (χ1v) is 10.3. The zero-order valence-electron chi connectivity index (χ0n) is 15.9. The van der Waals surface area contributed by atoms with Crippen molar-refractivity contribution in [1.82, 2.24) is 0 Å². The summed E-state index contributed by atoms with van der Waals surface area (Å²) in [6.45, 7) is 1.90. The minimum absolute atomic E-state index is 0.0220. The molecule has 0 saturated carbocycles. The van der Waals surface area contributed by atoms with Gasteiger partial charge in [0, 0.05) is 17.4 Å². The maximum atomic E-state index is 13.4. The van der Waals surface area contributed by atoms with Gasteiger partial charge in [0.25, 0.3) is 0 Å². The molecule has 3 aromatic rings. The standard InChI is InChI=1S/C17H16B4Br2O5/c1-2-8-9(15(24)5-3-6(22)16(25)7(23)4-5)10-11(18)12(19)14(21(26)27)13(20)17(10)28-8/h3-4,25-27H,2,18-20H2,1H3. The van der Waals surface area contributed by atoms with E-state index in [0.29, 0.717) is 59.6 Å². The fourth-order valence-corrected chi connectivity index (χ4v) is 4.80. The van der Waals surface area contributed by atoms with Crippen molar-refractivity contribution in [3.8, 4) is 5.75 Å². The molecule has 0 fully saturated rings. The molecule has 0 radical (unpaired) electrons. The van der Waals surface area contributed by atoms with Crippen LogP contribution in [0.4, 0.5) is 0 Å². The molecule has 0 bridgehead atoms. The molecule has 3 N–H and O–H groups in total. The summed E-state index contributed by atoms with van der Waals surface area (Å²) in [7, 11) is 3.78. The van der Waals surface area contributed by atoms with Crippen LogP contribution in [0.2, 0.25) is 0 Å². The second-order valence-corrected chi connectivity index (χ2v) is 8.45. The van der Waals surface area contributed by atoms with E-state index in [2.05, 4.69) is 31.9 Å². The Hall–Kier alpha value is -1.41. The van der Waals surface area contributed by atoms with Gasteiger partial charge in [-0.1, -0.05) is 17.8 Å². The van der Waals surface area contributed by atoms with Crippen molar-refractivity contribution in [2.24, 2.45) is 0 Å². The van der Waals surface area contributed by atoms with Crippen LogP contribution in [-0.4, -0.2) is 51.6 Å². The Bertz CT molecular complexity index is 1100. The smallest absolute Gasteiger partial charge is 0.487 e. The highest BCUT2D eigenvalue weighted by Crippen LogP contribution is 2.35. The number of rotatable bonds is 4. The number of hydrogen-bond acceptors (Lipinski definition) is 5. The lowest BCUT2D eigenvalue weighted by atomic mass is 9.60. The van der Waals surface area contributed by atoms with Crippen LogP contribution < -0.4 is 21.9 Å². The monoisotopic (exact) mass is 502 g/mol. The van der Waals surface area contributed by atoms with Gasteiger partial charge in [0.15, 0.2) is 5.78 Å². The number of carbonyl (C=O) groups excluding carboxylic acids is 1. The van der Waals surface area contributed by atoms with Crippen molar-refractivity contribution in [3.63, 3.8) is 0 Å². The van der Waals surface area contributed by atoms with E-state index < -0.39 is 7.12 Å². The Labute approximate surface area is 182 Å². The van der Waals surface area contributed by atoms with Crippen molar-refractivity contribution >= 4 is 101 Å². The third-order valence-electron chi connectivity index (χ3n) is 5.15. The lowest BCUT2D eigenvalue weighted by molar-refractivity contribution is 0.103. The van der Waals surface area contributed by atoms with Crippen molar-refractivity contribution in [3.05, 3.63) is 38.0 Å². The zero-order valence-corrected chi connectivity index (χ0v) is 19.0. The van der Waals surface area contributed by atoms with E-state index in [0.717, 1.165) is 5.46 Å². The normalized spacial score (nSPS) is 11.2. The molecule has 0 saturated heterocycles. The first-order valence-electron chi connectivity index (χ1n) is 8.73. The van der Waals surface area contributed by atoms with E-state index >= 15 is 0 Å². The van der Waals surface area contributed by atoms with Gasteiger partial charge in [0.2, 0.25) is 0 Å². The van der Waals surface area contributed by atoms with Crippen LogP contribution >= 0.6 is 31.9 Å². The number of benzene rings is 2. The predicted octanol–water partition coefficient (Wildman–Crippen LogP) is -2.09. The van der Waals surface area contributed by atoms with E-state index in [9.17, 15) is 19.9 Å². The van der Waals surface area contributed by atoms with Crippen LogP contribution in [0.3, 0.4) is 0 Å². The number of phenolic OH excluding ortho intramolecular Hbond substituents is 1. The molecule has 0 unspecified atom stereocenters. The number of halogens is 2. The molecular formula is C17H16B4Br2O5. The summed E-state index contributed by atoms with van der Waals surface area (Å²) in [5, 5.41) is 30.2. The highest BCUT2D eigenvalue weighted by Gasteiger charge is 2.28. The maximum absolute atomic E-state index is 13.4. The van der Waals surface area contributed by atoms with Gasteiger partial charge in [-0.25, -0.2) is 0 Å². The summed E-state index contributed by atoms with van der Waals surface area (Å²) in [5.74, 6) is 0.334. The Morgan fingerprint density at radius 2 is 1.68 bits per heavy atom. The quantitative estimate of drug-likeness (QED) is 0.281. The molecule has 5 nitrogen and oxygen atoms in total. The number of carbonyl (C=O) groups is 1. The van der Waals surface area contributed by atoms with Crippen LogP contribution in [0.25, 0.3) is 11.0 Å². The van der Waals surface area contributed by atoms with Gasteiger partial charge in [-0.2, -0.15) is 0 Å². The molecule has 0 amide bonds. The zero-order chi connectivity index (χ0) is 20.9. The van der Waals surface area contributed by atoms with E-state index in [4.69, 9.17) is 4.42 Å². The Balaban J connectivity index is 2.37. The topological polar surface area (TPSA) is 90.9 Å². The average Bonchev–Trinajstić information content (AvgIpc) is 3.03. The minimum Gasteiger partial charge on any atom is -0.506 e. The number of hydrogen-bond donors (Lipinski definition) is 3.